The predicted octanol–water partition coefficient (Wildman–Crippen LogP) is 4.88. The Kier molecular flexibility index (Phi) is 8.03. The Morgan fingerprint density at radius 2 is 1.74 bits per heavy atom. The standard InChI is InChI=1S/C15H27NOS2/c1-4-6-8-10-15(19(3)17,11-9-7-5-2)14-16-12-13-18-14/h12-13H,4-11H2,1-3H3. The molecule has 0 spiro atoms. The van der Waals surface area contributed by atoms with E-state index >= 15 is 0 Å². The summed E-state index contributed by atoms with van der Waals surface area (Å²) in [6, 6.07) is 0. The zero-order chi connectivity index (χ0) is 14.1. The first-order valence-electron chi connectivity index (χ1n) is 7.41. The highest BCUT2D eigenvalue weighted by molar-refractivity contribution is 7.91. The fourth-order valence-corrected chi connectivity index (χ4v) is 4.97. The quantitative estimate of drug-likeness (QED) is 0.456. The average Bonchev–Trinajstić information content (AvgIpc) is 2.91. The third kappa shape index (κ3) is 4.76. The molecule has 1 aromatic rings. The van der Waals surface area contributed by atoms with E-state index in [4.69, 9.17) is 0 Å². The van der Waals surface area contributed by atoms with Gasteiger partial charge in [0, 0.05) is 24.4 Å². The molecule has 1 rings (SSSR count). The number of aromatic nitrogens is 1. The lowest BCUT2D eigenvalue weighted by molar-refractivity contribution is 0.429. The molecule has 1 aromatic heterocycles. The van der Waals surface area contributed by atoms with Crippen LogP contribution in [-0.2, 0) is 15.9 Å². The summed E-state index contributed by atoms with van der Waals surface area (Å²) in [5, 5.41) is 3.09. The van der Waals surface area contributed by atoms with Crippen molar-refractivity contribution in [1.29, 1.82) is 0 Å². The Morgan fingerprint density at radius 3 is 2.11 bits per heavy atom. The monoisotopic (exact) mass is 301 g/mol. The van der Waals surface area contributed by atoms with E-state index in [9.17, 15) is 4.55 Å². The van der Waals surface area contributed by atoms with Gasteiger partial charge >= 0.3 is 0 Å². The second-order valence-corrected chi connectivity index (χ2v) is 7.78. The van der Waals surface area contributed by atoms with Gasteiger partial charge in [0.2, 0.25) is 0 Å². The molecule has 0 aromatic carbocycles. The van der Waals surface area contributed by atoms with Gasteiger partial charge in [0.25, 0.3) is 0 Å². The second kappa shape index (κ2) is 8.98. The molecule has 2 nitrogen and oxygen atoms in total. The molecule has 0 saturated heterocycles. The van der Waals surface area contributed by atoms with Gasteiger partial charge in [-0.25, -0.2) is 4.98 Å². The van der Waals surface area contributed by atoms with Crippen LogP contribution >= 0.6 is 11.3 Å². The Balaban J connectivity index is 2.83. The molecule has 0 N–H and O–H groups in total. The van der Waals surface area contributed by atoms with Gasteiger partial charge < -0.3 is 4.55 Å². The summed E-state index contributed by atoms with van der Waals surface area (Å²) in [6.45, 7) is 4.43. The van der Waals surface area contributed by atoms with E-state index in [0.717, 1.165) is 30.7 Å². The first-order chi connectivity index (χ1) is 9.17. The summed E-state index contributed by atoms with van der Waals surface area (Å²) in [4.78, 5) is 4.49. The number of thiazole rings is 1. The van der Waals surface area contributed by atoms with E-state index in [1.165, 1.54) is 25.7 Å². The van der Waals surface area contributed by atoms with Gasteiger partial charge in [-0.3, -0.25) is 0 Å². The summed E-state index contributed by atoms with van der Waals surface area (Å²) in [7, 11) is 0. The van der Waals surface area contributed by atoms with Crippen LogP contribution in [-0.4, -0.2) is 15.8 Å². The van der Waals surface area contributed by atoms with Crippen molar-refractivity contribution >= 4 is 22.5 Å². The molecule has 0 bridgehead atoms. The van der Waals surface area contributed by atoms with E-state index in [2.05, 4.69) is 18.8 Å². The maximum atomic E-state index is 12.4. The average molecular weight is 302 g/mol. The van der Waals surface area contributed by atoms with Crippen LogP contribution in [0.15, 0.2) is 11.6 Å². The lowest BCUT2D eigenvalue weighted by Crippen LogP contribution is -2.35. The summed E-state index contributed by atoms with van der Waals surface area (Å²) in [5.41, 5.74) is 0. The maximum Gasteiger partial charge on any atom is 0.176 e. The summed E-state index contributed by atoms with van der Waals surface area (Å²) in [6.07, 6.45) is 12.9. The molecule has 0 saturated carbocycles. The Hall–Kier alpha value is -0.0600. The van der Waals surface area contributed by atoms with Crippen LogP contribution in [0.1, 0.15) is 70.2 Å². The maximum absolute atomic E-state index is 12.4. The third-order valence-electron chi connectivity index (χ3n) is 3.74. The Morgan fingerprint density at radius 1 is 1.16 bits per heavy atom. The minimum atomic E-state index is -0.850. The molecule has 1 heterocycles. The van der Waals surface area contributed by atoms with Crippen LogP contribution < -0.4 is 0 Å². The lowest BCUT2D eigenvalue weighted by Gasteiger charge is -2.32. The zero-order valence-corrected chi connectivity index (χ0v) is 14.1. The van der Waals surface area contributed by atoms with Gasteiger partial charge in [0.15, 0.2) is 4.75 Å². The van der Waals surface area contributed by atoms with Crippen molar-refractivity contribution < 1.29 is 4.55 Å². The molecule has 0 aliphatic rings. The fourth-order valence-electron chi connectivity index (χ4n) is 2.52. The van der Waals surface area contributed by atoms with Gasteiger partial charge in [-0.05, 0) is 24.0 Å². The van der Waals surface area contributed by atoms with E-state index in [0.29, 0.717) is 0 Å². The summed E-state index contributed by atoms with van der Waals surface area (Å²) >= 11 is 0.820. The molecule has 0 radical (unpaired) electrons. The molecule has 0 amide bonds. The van der Waals surface area contributed by atoms with Crippen LogP contribution in [0.3, 0.4) is 0 Å². The van der Waals surface area contributed by atoms with Crippen molar-refractivity contribution in [3.63, 3.8) is 0 Å². The first kappa shape index (κ1) is 17.0. The number of hydrogen-bond acceptors (Lipinski definition) is 3. The van der Waals surface area contributed by atoms with E-state index in [1.54, 1.807) is 11.3 Å². The molecule has 110 valence electrons. The molecule has 1 unspecified atom stereocenters. The summed E-state index contributed by atoms with van der Waals surface area (Å²) < 4.78 is 12.2. The second-order valence-electron chi connectivity index (χ2n) is 5.20. The predicted molar refractivity (Wildman–Crippen MR) is 86.1 cm³/mol. The van der Waals surface area contributed by atoms with Gasteiger partial charge in [-0.1, -0.05) is 39.5 Å². The zero-order valence-electron chi connectivity index (χ0n) is 12.5. The number of unbranched alkanes of at least 4 members (excludes halogenated alkanes) is 4. The van der Waals surface area contributed by atoms with Crippen LogP contribution in [0.25, 0.3) is 0 Å². The molecule has 0 aliphatic heterocycles. The minimum absolute atomic E-state index is 0.196. The lowest BCUT2D eigenvalue weighted by atomic mass is 9.94. The smallest absolute Gasteiger partial charge is 0.176 e. The molecule has 1 atom stereocenters. The molecule has 4 heteroatoms. The molecule has 0 fully saturated rings. The van der Waals surface area contributed by atoms with Crippen molar-refractivity contribution in [2.24, 2.45) is 0 Å². The molecular weight excluding hydrogens is 274 g/mol. The van der Waals surface area contributed by atoms with Crippen molar-refractivity contribution in [3.8, 4) is 0 Å². The van der Waals surface area contributed by atoms with Gasteiger partial charge in [0.1, 0.15) is 5.01 Å². The van der Waals surface area contributed by atoms with Crippen LogP contribution in [0.5, 0.6) is 0 Å². The normalized spacial score (nSPS) is 13.7. The van der Waals surface area contributed by atoms with Crippen molar-refractivity contribution in [3.05, 3.63) is 16.6 Å². The highest BCUT2D eigenvalue weighted by atomic mass is 32.2. The number of rotatable bonds is 10. The van der Waals surface area contributed by atoms with Gasteiger partial charge in [0.05, 0.1) is 6.26 Å². The number of hydrogen-bond donors (Lipinski definition) is 0. The largest absolute Gasteiger partial charge is 0.616 e. The topological polar surface area (TPSA) is 36.0 Å². The van der Waals surface area contributed by atoms with Gasteiger partial charge in [-0.15, -0.1) is 11.3 Å². The number of nitrogens with zero attached hydrogens (tertiary/aromatic N) is 1. The third-order valence-corrected chi connectivity index (χ3v) is 6.55. The van der Waals surface area contributed by atoms with Crippen molar-refractivity contribution in [2.45, 2.75) is 70.0 Å². The fraction of sp³-hybridized carbons (Fsp3) is 0.800. The highest BCUT2D eigenvalue weighted by Crippen LogP contribution is 2.41. The SMILES string of the molecule is CCCCCC(CCCCC)(c1nccs1)[S+](C)[O-]. The van der Waals surface area contributed by atoms with Crippen LogP contribution in [0.2, 0.25) is 0 Å². The Bertz CT molecular complexity index is 315. The Labute approximate surface area is 125 Å². The first-order valence-corrected chi connectivity index (χ1v) is 9.84. The minimum Gasteiger partial charge on any atom is -0.616 e. The molecule has 19 heavy (non-hydrogen) atoms. The van der Waals surface area contributed by atoms with Crippen LogP contribution in [0.4, 0.5) is 0 Å². The highest BCUT2D eigenvalue weighted by Gasteiger charge is 2.43. The van der Waals surface area contributed by atoms with E-state index in [-0.39, 0.29) is 4.75 Å². The van der Waals surface area contributed by atoms with E-state index < -0.39 is 11.2 Å². The van der Waals surface area contributed by atoms with Crippen molar-refractivity contribution in [2.75, 3.05) is 6.26 Å². The van der Waals surface area contributed by atoms with Gasteiger partial charge in [-0.2, -0.15) is 0 Å². The van der Waals surface area contributed by atoms with Crippen LogP contribution in [0, 0.1) is 0 Å². The molecule has 0 aliphatic carbocycles. The van der Waals surface area contributed by atoms with E-state index in [1.807, 2.05) is 17.8 Å². The van der Waals surface area contributed by atoms with Crippen molar-refractivity contribution in [1.82, 2.24) is 4.98 Å². The summed E-state index contributed by atoms with van der Waals surface area (Å²) in [5.74, 6) is 0. The molecular formula is C15H27NOS2.